The van der Waals surface area contributed by atoms with E-state index in [4.69, 9.17) is 4.42 Å². The van der Waals surface area contributed by atoms with Crippen LogP contribution in [-0.2, 0) is 16.6 Å². The molecule has 1 aliphatic heterocycles. The smallest absolute Gasteiger partial charge is 0.246 e. The summed E-state index contributed by atoms with van der Waals surface area (Å²) in [6.07, 6.45) is 4.07. The number of nitrogens with one attached hydrogen (secondary N) is 1. The second kappa shape index (κ2) is 6.94. The number of rotatable bonds is 5. The summed E-state index contributed by atoms with van der Waals surface area (Å²) < 4.78 is 33.0. The van der Waals surface area contributed by atoms with Gasteiger partial charge in [0.25, 0.3) is 0 Å². The molecule has 0 bridgehead atoms. The Morgan fingerprint density at radius 3 is 2.86 bits per heavy atom. The number of hydrogen-bond donors (Lipinski definition) is 1. The predicted molar refractivity (Wildman–Crippen MR) is 82.6 cm³/mol. The molecule has 0 spiro atoms. The average Bonchev–Trinajstić information content (AvgIpc) is 2.67. The van der Waals surface area contributed by atoms with E-state index in [-0.39, 0.29) is 6.04 Å². The van der Waals surface area contributed by atoms with Crippen molar-refractivity contribution in [1.82, 2.24) is 9.62 Å². The van der Waals surface area contributed by atoms with Crippen LogP contribution in [-0.4, -0.2) is 31.9 Å². The van der Waals surface area contributed by atoms with Gasteiger partial charge in [-0.15, -0.1) is 0 Å². The van der Waals surface area contributed by atoms with E-state index >= 15 is 0 Å². The number of hydrogen-bond acceptors (Lipinski definition) is 4. The molecule has 21 heavy (non-hydrogen) atoms. The zero-order valence-corrected chi connectivity index (χ0v) is 14.0. The van der Waals surface area contributed by atoms with Gasteiger partial charge in [-0.1, -0.05) is 19.8 Å². The van der Waals surface area contributed by atoms with E-state index in [1.54, 1.807) is 17.3 Å². The molecule has 1 fully saturated rings. The summed E-state index contributed by atoms with van der Waals surface area (Å²) in [5.41, 5.74) is 0. The van der Waals surface area contributed by atoms with Crippen LogP contribution in [0.4, 0.5) is 0 Å². The van der Waals surface area contributed by atoms with Crippen LogP contribution in [0.15, 0.2) is 15.4 Å². The van der Waals surface area contributed by atoms with Gasteiger partial charge in [-0.2, -0.15) is 4.31 Å². The molecule has 1 unspecified atom stereocenters. The minimum Gasteiger partial charge on any atom is -0.464 e. The van der Waals surface area contributed by atoms with Crippen molar-refractivity contribution in [3.05, 3.63) is 17.6 Å². The van der Waals surface area contributed by atoms with Crippen molar-refractivity contribution in [2.24, 2.45) is 0 Å². The third kappa shape index (κ3) is 3.67. The molecule has 2 rings (SSSR count). The Balaban J connectivity index is 2.27. The summed E-state index contributed by atoms with van der Waals surface area (Å²) in [6.45, 7) is 7.72. The minimum atomic E-state index is -3.46. The van der Waals surface area contributed by atoms with Crippen molar-refractivity contribution >= 4 is 10.0 Å². The average molecular weight is 314 g/mol. The van der Waals surface area contributed by atoms with E-state index in [2.05, 4.69) is 5.32 Å². The molecule has 2 heterocycles. The molecule has 0 saturated carbocycles. The fourth-order valence-electron chi connectivity index (χ4n) is 2.85. The van der Waals surface area contributed by atoms with Crippen LogP contribution in [0.3, 0.4) is 0 Å². The second-order valence-corrected chi connectivity index (χ2v) is 7.59. The molecule has 6 heteroatoms. The maximum Gasteiger partial charge on any atom is 0.246 e. The number of aryl methyl sites for hydroxylation is 1. The van der Waals surface area contributed by atoms with Gasteiger partial charge in [0.05, 0.1) is 6.54 Å². The predicted octanol–water partition coefficient (Wildman–Crippen LogP) is 2.65. The van der Waals surface area contributed by atoms with Crippen LogP contribution in [0.1, 0.15) is 51.1 Å². The Labute approximate surface area is 127 Å². The van der Waals surface area contributed by atoms with Crippen LogP contribution in [0, 0.1) is 6.92 Å². The molecule has 0 aromatic carbocycles. The first-order valence-electron chi connectivity index (χ1n) is 7.78. The Hall–Kier alpha value is -0.850. The van der Waals surface area contributed by atoms with Gasteiger partial charge < -0.3 is 9.73 Å². The SMILES string of the molecule is CCNCc1cc(S(=O)(=O)N2CCCCCC2C)c(C)o1. The van der Waals surface area contributed by atoms with Gasteiger partial charge in [-0.05, 0) is 33.2 Å². The number of nitrogens with zero attached hydrogens (tertiary/aromatic N) is 1. The summed E-state index contributed by atoms with van der Waals surface area (Å²) in [4.78, 5) is 0.323. The standard InChI is InChI=1S/C15H26N2O3S/c1-4-16-11-14-10-15(13(3)20-14)21(18,19)17-9-7-5-6-8-12(17)2/h10,12,16H,4-9,11H2,1-3H3. The maximum absolute atomic E-state index is 12.9. The molecule has 1 N–H and O–H groups in total. The summed E-state index contributed by atoms with van der Waals surface area (Å²) in [5.74, 6) is 1.16. The molecule has 120 valence electrons. The van der Waals surface area contributed by atoms with Crippen LogP contribution in [0.25, 0.3) is 0 Å². The monoisotopic (exact) mass is 314 g/mol. The van der Waals surface area contributed by atoms with Gasteiger partial charge in [0.2, 0.25) is 10.0 Å². The molecule has 1 aliphatic rings. The van der Waals surface area contributed by atoms with Crippen LogP contribution < -0.4 is 5.32 Å². The van der Waals surface area contributed by atoms with Crippen molar-refractivity contribution in [3.8, 4) is 0 Å². The van der Waals surface area contributed by atoms with Gasteiger partial charge in [0.15, 0.2) is 0 Å². The van der Waals surface area contributed by atoms with E-state index in [0.717, 1.165) is 32.2 Å². The van der Waals surface area contributed by atoms with Gasteiger partial charge in [-0.3, -0.25) is 0 Å². The zero-order chi connectivity index (χ0) is 15.5. The normalized spacial score (nSPS) is 21.4. The Morgan fingerprint density at radius 2 is 2.14 bits per heavy atom. The van der Waals surface area contributed by atoms with E-state index in [1.807, 2.05) is 13.8 Å². The summed E-state index contributed by atoms with van der Waals surface area (Å²) in [7, 11) is -3.46. The van der Waals surface area contributed by atoms with E-state index in [9.17, 15) is 8.42 Å². The van der Waals surface area contributed by atoms with Crippen molar-refractivity contribution in [3.63, 3.8) is 0 Å². The van der Waals surface area contributed by atoms with Crippen molar-refractivity contribution in [1.29, 1.82) is 0 Å². The topological polar surface area (TPSA) is 62.6 Å². The number of furan rings is 1. The highest BCUT2D eigenvalue weighted by Crippen LogP contribution is 2.28. The van der Waals surface area contributed by atoms with Gasteiger partial charge in [-0.25, -0.2) is 8.42 Å². The van der Waals surface area contributed by atoms with Crippen LogP contribution >= 0.6 is 0 Å². The zero-order valence-electron chi connectivity index (χ0n) is 13.2. The molecular formula is C15H26N2O3S. The molecule has 1 aromatic heterocycles. The fourth-order valence-corrected chi connectivity index (χ4v) is 4.73. The van der Waals surface area contributed by atoms with Crippen molar-refractivity contribution in [2.75, 3.05) is 13.1 Å². The van der Waals surface area contributed by atoms with Crippen molar-refractivity contribution < 1.29 is 12.8 Å². The fraction of sp³-hybridized carbons (Fsp3) is 0.733. The summed E-state index contributed by atoms with van der Waals surface area (Å²) in [5, 5.41) is 3.15. The third-order valence-electron chi connectivity index (χ3n) is 4.05. The highest BCUT2D eigenvalue weighted by Gasteiger charge is 2.32. The molecule has 0 radical (unpaired) electrons. The molecule has 1 aromatic rings. The summed E-state index contributed by atoms with van der Waals surface area (Å²) >= 11 is 0. The molecule has 1 atom stereocenters. The Morgan fingerprint density at radius 1 is 1.38 bits per heavy atom. The molecular weight excluding hydrogens is 288 g/mol. The maximum atomic E-state index is 12.9. The highest BCUT2D eigenvalue weighted by atomic mass is 32.2. The van der Waals surface area contributed by atoms with Crippen molar-refractivity contribution in [2.45, 2.75) is 63.9 Å². The lowest BCUT2D eigenvalue weighted by Gasteiger charge is -2.25. The quantitative estimate of drug-likeness (QED) is 0.907. The van der Waals surface area contributed by atoms with Gasteiger partial charge in [0, 0.05) is 18.7 Å². The molecule has 0 aliphatic carbocycles. The first-order chi connectivity index (χ1) is 9.96. The van der Waals surface area contributed by atoms with E-state index in [0.29, 0.717) is 29.5 Å². The largest absolute Gasteiger partial charge is 0.464 e. The number of sulfonamides is 1. The van der Waals surface area contributed by atoms with E-state index < -0.39 is 10.0 Å². The van der Waals surface area contributed by atoms with Gasteiger partial charge in [0.1, 0.15) is 16.4 Å². The highest BCUT2D eigenvalue weighted by molar-refractivity contribution is 7.89. The van der Waals surface area contributed by atoms with Crippen LogP contribution in [0.5, 0.6) is 0 Å². The summed E-state index contributed by atoms with van der Waals surface area (Å²) in [6, 6.07) is 1.73. The first-order valence-corrected chi connectivity index (χ1v) is 9.22. The lowest BCUT2D eigenvalue weighted by atomic mass is 10.1. The molecule has 5 nitrogen and oxygen atoms in total. The second-order valence-electron chi connectivity index (χ2n) is 5.73. The molecule has 1 saturated heterocycles. The third-order valence-corrected chi connectivity index (χ3v) is 6.17. The Kier molecular flexibility index (Phi) is 5.46. The molecule has 0 amide bonds. The lowest BCUT2D eigenvalue weighted by molar-refractivity contribution is 0.341. The minimum absolute atomic E-state index is 0.0593. The van der Waals surface area contributed by atoms with Crippen LogP contribution in [0.2, 0.25) is 0 Å². The Bertz CT molecular complexity index is 565. The van der Waals surface area contributed by atoms with Gasteiger partial charge >= 0.3 is 0 Å². The first kappa shape index (κ1) is 16.5. The lowest BCUT2D eigenvalue weighted by Crippen LogP contribution is -2.38. The van der Waals surface area contributed by atoms with E-state index in [1.165, 1.54) is 0 Å².